The van der Waals surface area contributed by atoms with Crippen LogP contribution < -0.4 is 5.32 Å². The van der Waals surface area contributed by atoms with E-state index in [0.717, 1.165) is 25.0 Å². The van der Waals surface area contributed by atoms with Gasteiger partial charge in [0.15, 0.2) is 0 Å². The average Bonchev–Trinajstić information content (AvgIpc) is 2.99. The summed E-state index contributed by atoms with van der Waals surface area (Å²) in [4.78, 5) is 10.3. The van der Waals surface area contributed by atoms with E-state index < -0.39 is 22.4 Å². The second-order valence-electron chi connectivity index (χ2n) is 5.24. The molecule has 1 fully saturated rings. The smallest absolute Gasteiger partial charge is 0.382 e. The Morgan fingerprint density at radius 1 is 1.52 bits per heavy atom. The van der Waals surface area contributed by atoms with Gasteiger partial charge in [-0.3, -0.25) is 10.1 Å². The molecule has 0 radical (unpaired) electrons. The molecule has 0 spiro atoms. The monoisotopic (exact) mass is 334 g/mol. The molecule has 0 bridgehead atoms. The van der Waals surface area contributed by atoms with E-state index in [0.29, 0.717) is 12.7 Å². The highest BCUT2D eigenvalue weighted by atomic mass is 19.4. The molecular weight excluding hydrogens is 317 g/mol. The van der Waals surface area contributed by atoms with Gasteiger partial charge in [-0.05, 0) is 25.0 Å². The molecule has 1 aliphatic heterocycles. The maximum Gasteiger partial charge on any atom is 0.416 e. The highest BCUT2D eigenvalue weighted by Gasteiger charge is 2.34. The molecule has 6 nitrogen and oxygen atoms in total. The van der Waals surface area contributed by atoms with E-state index in [1.165, 1.54) is 7.11 Å². The summed E-state index contributed by atoms with van der Waals surface area (Å²) in [5.41, 5.74) is -1.67. The number of ether oxygens (including phenoxy) is 2. The molecule has 9 heteroatoms. The number of benzene rings is 1. The van der Waals surface area contributed by atoms with Crippen LogP contribution in [0.3, 0.4) is 0 Å². The standard InChI is InChI=1S/C14H17F3N2O4/c1-22-8-11(13-3-2-6-23-13)18-10-5-4-9(14(15,16)17)7-12(10)19(20)21/h4-5,7,11,13,18H,2-3,6,8H2,1H3/t11-,13+/m1/s1. The van der Waals surface area contributed by atoms with E-state index in [9.17, 15) is 23.3 Å². The Kier molecular flexibility index (Phi) is 5.42. The van der Waals surface area contributed by atoms with Crippen molar-refractivity contribution in [2.45, 2.75) is 31.2 Å². The summed E-state index contributed by atoms with van der Waals surface area (Å²) >= 11 is 0. The van der Waals surface area contributed by atoms with Gasteiger partial charge in [-0.2, -0.15) is 13.2 Å². The molecule has 128 valence electrons. The number of hydrogen-bond donors (Lipinski definition) is 1. The minimum absolute atomic E-state index is 0.0144. The number of nitro benzene ring substituents is 1. The zero-order valence-corrected chi connectivity index (χ0v) is 12.4. The molecule has 1 N–H and O–H groups in total. The quantitative estimate of drug-likeness (QED) is 0.639. The maximum absolute atomic E-state index is 12.7. The average molecular weight is 334 g/mol. The van der Waals surface area contributed by atoms with Crippen LogP contribution in [-0.2, 0) is 15.7 Å². The topological polar surface area (TPSA) is 73.6 Å². The molecule has 1 aromatic carbocycles. The molecule has 1 heterocycles. The van der Waals surface area contributed by atoms with Gasteiger partial charge in [0.1, 0.15) is 5.69 Å². The lowest BCUT2D eigenvalue weighted by Crippen LogP contribution is -2.37. The fourth-order valence-electron chi connectivity index (χ4n) is 2.52. The number of alkyl halides is 3. The van der Waals surface area contributed by atoms with Gasteiger partial charge in [-0.15, -0.1) is 0 Å². The Hall–Kier alpha value is -1.87. The number of anilines is 1. The third kappa shape index (κ3) is 4.32. The molecule has 0 amide bonds. The van der Waals surface area contributed by atoms with Crippen LogP contribution in [0.5, 0.6) is 0 Å². The van der Waals surface area contributed by atoms with Crippen molar-refractivity contribution in [3.8, 4) is 0 Å². The van der Waals surface area contributed by atoms with Gasteiger partial charge in [0.25, 0.3) is 5.69 Å². The van der Waals surface area contributed by atoms with Gasteiger partial charge in [0, 0.05) is 19.8 Å². The summed E-state index contributed by atoms with van der Waals surface area (Å²) < 4.78 is 48.7. The Balaban J connectivity index is 2.27. The van der Waals surface area contributed by atoms with Gasteiger partial charge < -0.3 is 14.8 Å². The van der Waals surface area contributed by atoms with Crippen LogP contribution in [0.1, 0.15) is 18.4 Å². The zero-order chi connectivity index (χ0) is 17.0. The van der Waals surface area contributed by atoms with Gasteiger partial charge in [-0.1, -0.05) is 0 Å². The normalized spacial score (nSPS) is 19.6. The molecular formula is C14H17F3N2O4. The van der Waals surface area contributed by atoms with E-state index in [4.69, 9.17) is 9.47 Å². The molecule has 1 saturated heterocycles. The predicted molar refractivity (Wildman–Crippen MR) is 76.4 cm³/mol. The second-order valence-corrected chi connectivity index (χ2v) is 5.24. The molecule has 23 heavy (non-hydrogen) atoms. The van der Waals surface area contributed by atoms with Crippen LogP contribution in [-0.4, -0.2) is 37.4 Å². The van der Waals surface area contributed by atoms with Crippen LogP contribution >= 0.6 is 0 Å². The number of halogens is 3. The number of methoxy groups -OCH3 is 1. The fraction of sp³-hybridized carbons (Fsp3) is 0.571. The van der Waals surface area contributed by atoms with Crippen molar-refractivity contribution in [3.05, 3.63) is 33.9 Å². The summed E-state index contributed by atoms with van der Waals surface area (Å²) in [7, 11) is 1.48. The van der Waals surface area contributed by atoms with Crippen molar-refractivity contribution in [2.24, 2.45) is 0 Å². The van der Waals surface area contributed by atoms with E-state index in [1.54, 1.807) is 0 Å². The Bertz CT molecular complexity index is 559. The molecule has 0 aliphatic carbocycles. The molecule has 0 aromatic heterocycles. The Morgan fingerprint density at radius 2 is 2.26 bits per heavy atom. The number of nitro groups is 1. The lowest BCUT2D eigenvalue weighted by atomic mass is 10.1. The van der Waals surface area contributed by atoms with Crippen molar-refractivity contribution < 1.29 is 27.6 Å². The Morgan fingerprint density at radius 3 is 2.78 bits per heavy atom. The molecule has 2 atom stereocenters. The first-order chi connectivity index (χ1) is 10.8. The number of nitrogens with zero attached hydrogens (tertiary/aromatic N) is 1. The number of hydrogen-bond acceptors (Lipinski definition) is 5. The zero-order valence-electron chi connectivity index (χ0n) is 12.4. The highest BCUT2D eigenvalue weighted by molar-refractivity contribution is 5.63. The molecule has 0 saturated carbocycles. The molecule has 1 aromatic rings. The molecule has 2 rings (SSSR count). The SMILES string of the molecule is COC[C@@H](Nc1ccc(C(F)(F)F)cc1[N+](=O)[O-])[C@@H]1CCCO1. The molecule has 0 unspecified atom stereocenters. The van der Waals surface area contributed by atoms with Gasteiger partial charge in [0.2, 0.25) is 0 Å². The molecule has 1 aliphatic rings. The summed E-state index contributed by atoms with van der Waals surface area (Å²) in [5, 5.41) is 14.0. The van der Waals surface area contributed by atoms with Gasteiger partial charge in [0.05, 0.1) is 29.2 Å². The Labute approximate surface area is 130 Å². The van der Waals surface area contributed by atoms with Gasteiger partial charge >= 0.3 is 6.18 Å². The van der Waals surface area contributed by atoms with E-state index in [-0.39, 0.29) is 24.4 Å². The first-order valence-corrected chi connectivity index (χ1v) is 7.05. The minimum Gasteiger partial charge on any atom is -0.382 e. The highest BCUT2D eigenvalue weighted by Crippen LogP contribution is 2.35. The van der Waals surface area contributed by atoms with Gasteiger partial charge in [-0.25, -0.2) is 0 Å². The third-order valence-corrected chi connectivity index (χ3v) is 3.62. The predicted octanol–water partition coefficient (Wildman–Crippen LogP) is 3.22. The van der Waals surface area contributed by atoms with Crippen LogP contribution in [0.4, 0.5) is 24.5 Å². The van der Waals surface area contributed by atoms with Crippen LogP contribution in [0.2, 0.25) is 0 Å². The first kappa shape index (κ1) is 17.5. The van der Waals surface area contributed by atoms with Crippen molar-refractivity contribution in [1.29, 1.82) is 0 Å². The largest absolute Gasteiger partial charge is 0.416 e. The first-order valence-electron chi connectivity index (χ1n) is 7.05. The van der Waals surface area contributed by atoms with Crippen molar-refractivity contribution in [1.82, 2.24) is 0 Å². The van der Waals surface area contributed by atoms with Crippen LogP contribution in [0.15, 0.2) is 18.2 Å². The lowest BCUT2D eigenvalue weighted by molar-refractivity contribution is -0.384. The van der Waals surface area contributed by atoms with E-state index in [1.807, 2.05) is 0 Å². The minimum atomic E-state index is -4.64. The van der Waals surface area contributed by atoms with Crippen LogP contribution in [0.25, 0.3) is 0 Å². The van der Waals surface area contributed by atoms with Crippen molar-refractivity contribution in [3.63, 3.8) is 0 Å². The second kappa shape index (κ2) is 7.14. The van der Waals surface area contributed by atoms with Crippen molar-refractivity contribution >= 4 is 11.4 Å². The fourth-order valence-corrected chi connectivity index (χ4v) is 2.52. The summed E-state index contributed by atoms with van der Waals surface area (Å²) in [5.74, 6) is 0. The van der Waals surface area contributed by atoms with Crippen LogP contribution in [0, 0.1) is 10.1 Å². The summed E-state index contributed by atoms with van der Waals surface area (Å²) in [6.07, 6.45) is -3.21. The van der Waals surface area contributed by atoms with E-state index >= 15 is 0 Å². The van der Waals surface area contributed by atoms with Crippen molar-refractivity contribution in [2.75, 3.05) is 25.6 Å². The summed E-state index contributed by atoms with van der Waals surface area (Å²) in [6.45, 7) is 0.810. The maximum atomic E-state index is 12.7. The number of nitrogens with one attached hydrogen (secondary N) is 1. The number of rotatable bonds is 6. The third-order valence-electron chi connectivity index (χ3n) is 3.62. The summed E-state index contributed by atoms with van der Waals surface area (Å²) in [6, 6.07) is 2.03. The van der Waals surface area contributed by atoms with E-state index in [2.05, 4.69) is 5.32 Å². The lowest BCUT2D eigenvalue weighted by Gasteiger charge is -2.24.